The summed E-state index contributed by atoms with van der Waals surface area (Å²) in [7, 11) is 1.68. The predicted molar refractivity (Wildman–Crippen MR) is 77.9 cm³/mol. The number of amides is 1. The number of hydrogen-bond acceptors (Lipinski definition) is 3. The van der Waals surface area contributed by atoms with Gasteiger partial charge in [-0.15, -0.1) is 0 Å². The SMILES string of the molecule is COc1ccc(C2CN(C(=O)CC3CCNC3)C2)cc1. The van der Waals surface area contributed by atoms with Crippen molar-refractivity contribution in [2.45, 2.75) is 18.8 Å². The van der Waals surface area contributed by atoms with E-state index < -0.39 is 0 Å². The molecule has 2 aliphatic heterocycles. The van der Waals surface area contributed by atoms with Gasteiger partial charge < -0.3 is 15.0 Å². The second kappa shape index (κ2) is 5.83. The number of methoxy groups -OCH3 is 1. The summed E-state index contributed by atoms with van der Waals surface area (Å²) in [5.74, 6) is 2.24. The summed E-state index contributed by atoms with van der Waals surface area (Å²) in [6.45, 7) is 3.80. The van der Waals surface area contributed by atoms with E-state index in [2.05, 4.69) is 17.4 Å². The maximum atomic E-state index is 12.1. The highest BCUT2D eigenvalue weighted by Gasteiger charge is 2.32. The largest absolute Gasteiger partial charge is 0.497 e. The molecule has 1 atom stereocenters. The maximum Gasteiger partial charge on any atom is 0.222 e. The van der Waals surface area contributed by atoms with Gasteiger partial charge in [0.2, 0.25) is 5.91 Å². The van der Waals surface area contributed by atoms with Crippen molar-refractivity contribution in [2.75, 3.05) is 33.3 Å². The van der Waals surface area contributed by atoms with Crippen LogP contribution in [0.2, 0.25) is 0 Å². The number of benzene rings is 1. The molecule has 0 saturated carbocycles. The molecule has 0 aliphatic carbocycles. The third-order valence-corrected chi connectivity index (χ3v) is 4.45. The lowest BCUT2D eigenvalue weighted by Crippen LogP contribution is -2.48. The molecule has 0 bridgehead atoms. The zero-order valence-electron chi connectivity index (χ0n) is 12.0. The van der Waals surface area contributed by atoms with Crippen molar-refractivity contribution < 1.29 is 9.53 Å². The molecule has 0 aromatic heterocycles. The van der Waals surface area contributed by atoms with Crippen LogP contribution in [0, 0.1) is 5.92 Å². The lowest BCUT2D eigenvalue weighted by Gasteiger charge is -2.40. The van der Waals surface area contributed by atoms with Crippen molar-refractivity contribution in [2.24, 2.45) is 5.92 Å². The molecule has 0 radical (unpaired) electrons. The minimum Gasteiger partial charge on any atom is -0.497 e. The van der Waals surface area contributed by atoms with Crippen molar-refractivity contribution in [1.82, 2.24) is 10.2 Å². The van der Waals surface area contributed by atoms with Gasteiger partial charge in [-0.05, 0) is 43.1 Å². The quantitative estimate of drug-likeness (QED) is 0.907. The van der Waals surface area contributed by atoms with Crippen molar-refractivity contribution in [1.29, 1.82) is 0 Å². The van der Waals surface area contributed by atoms with Gasteiger partial charge in [0.05, 0.1) is 7.11 Å². The minimum atomic E-state index is 0.323. The van der Waals surface area contributed by atoms with E-state index in [1.165, 1.54) is 5.56 Å². The van der Waals surface area contributed by atoms with E-state index in [0.29, 0.717) is 24.2 Å². The van der Waals surface area contributed by atoms with E-state index in [0.717, 1.165) is 38.3 Å². The monoisotopic (exact) mass is 274 g/mol. The Balaban J connectivity index is 1.48. The first-order valence-corrected chi connectivity index (χ1v) is 7.38. The predicted octanol–water partition coefficient (Wildman–Crippen LogP) is 1.62. The van der Waals surface area contributed by atoms with Gasteiger partial charge in [-0.25, -0.2) is 0 Å². The fraction of sp³-hybridized carbons (Fsp3) is 0.562. The number of hydrogen-bond donors (Lipinski definition) is 1. The molecule has 108 valence electrons. The van der Waals surface area contributed by atoms with Gasteiger partial charge >= 0.3 is 0 Å². The molecule has 2 saturated heterocycles. The summed E-state index contributed by atoms with van der Waals surface area (Å²) < 4.78 is 5.16. The molecule has 2 aliphatic rings. The van der Waals surface area contributed by atoms with Gasteiger partial charge in [0.15, 0.2) is 0 Å². The van der Waals surface area contributed by atoms with Crippen molar-refractivity contribution in [3.63, 3.8) is 0 Å². The Morgan fingerprint density at radius 1 is 1.35 bits per heavy atom. The summed E-state index contributed by atoms with van der Waals surface area (Å²) in [5, 5.41) is 3.32. The zero-order valence-corrected chi connectivity index (χ0v) is 12.0. The van der Waals surface area contributed by atoms with Crippen LogP contribution in [0.3, 0.4) is 0 Å². The molecule has 1 amide bonds. The first-order valence-electron chi connectivity index (χ1n) is 7.38. The Morgan fingerprint density at radius 3 is 2.70 bits per heavy atom. The topological polar surface area (TPSA) is 41.6 Å². The van der Waals surface area contributed by atoms with Crippen LogP contribution in [0.15, 0.2) is 24.3 Å². The molecule has 2 fully saturated rings. The summed E-state index contributed by atoms with van der Waals surface area (Å²) in [6.07, 6.45) is 1.85. The van der Waals surface area contributed by atoms with Crippen LogP contribution in [0.4, 0.5) is 0 Å². The molecule has 1 N–H and O–H groups in total. The second-order valence-electron chi connectivity index (χ2n) is 5.83. The van der Waals surface area contributed by atoms with Crippen LogP contribution in [-0.4, -0.2) is 44.1 Å². The Kier molecular flexibility index (Phi) is 3.92. The van der Waals surface area contributed by atoms with Crippen LogP contribution in [0.5, 0.6) is 5.75 Å². The fourth-order valence-corrected chi connectivity index (χ4v) is 3.03. The minimum absolute atomic E-state index is 0.323. The fourth-order valence-electron chi connectivity index (χ4n) is 3.03. The first-order chi connectivity index (χ1) is 9.76. The highest BCUT2D eigenvalue weighted by molar-refractivity contribution is 5.77. The van der Waals surface area contributed by atoms with Gasteiger partial charge in [-0.2, -0.15) is 0 Å². The maximum absolute atomic E-state index is 12.1. The number of rotatable bonds is 4. The molecule has 20 heavy (non-hydrogen) atoms. The number of nitrogens with zero attached hydrogens (tertiary/aromatic N) is 1. The lowest BCUT2D eigenvalue weighted by molar-refractivity contribution is -0.136. The van der Waals surface area contributed by atoms with Gasteiger partial charge in [0.25, 0.3) is 0 Å². The van der Waals surface area contributed by atoms with E-state index in [9.17, 15) is 4.79 Å². The normalized spacial score (nSPS) is 22.6. The number of carbonyl (C=O) groups is 1. The van der Waals surface area contributed by atoms with E-state index in [1.807, 2.05) is 17.0 Å². The van der Waals surface area contributed by atoms with Crippen LogP contribution >= 0.6 is 0 Å². The second-order valence-corrected chi connectivity index (χ2v) is 5.83. The van der Waals surface area contributed by atoms with Gasteiger partial charge in [-0.1, -0.05) is 12.1 Å². The average Bonchev–Trinajstić information content (AvgIpc) is 2.90. The van der Waals surface area contributed by atoms with Crippen LogP contribution in [0.25, 0.3) is 0 Å². The third kappa shape index (κ3) is 2.80. The molecule has 1 aromatic rings. The summed E-state index contributed by atoms with van der Waals surface area (Å²) in [5.41, 5.74) is 1.30. The smallest absolute Gasteiger partial charge is 0.222 e. The number of nitrogens with one attached hydrogen (secondary N) is 1. The van der Waals surface area contributed by atoms with Gasteiger partial charge in [0.1, 0.15) is 5.75 Å². The summed E-state index contributed by atoms with van der Waals surface area (Å²) >= 11 is 0. The number of likely N-dealkylation sites (tertiary alicyclic amines) is 1. The van der Waals surface area contributed by atoms with E-state index >= 15 is 0 Å². The van der Waals surface area contributed by atoms with Gasteiger partial charge in [-0.3, -0.25) is 4.79 Å². The van der Waals surface area contributed by atoms with Gasteiger partial charge in [0, 0.05) is 25.4 Å². The lowest BCUT2D eigenvalue weighted by atomic mass is 9.90. The molecule has 1 aromatic carbocycles. The number of carbonyl (C=O) groups excluding carboxylic acids is 1. The number of ether oxygens (including phenoxy) is 1. The zero-order chi connectivity index (χ0) is 13.9. The van der Waals surface area contributed by atoms with Crippen LogP contribution < -0.4 is 10.1 Å². The molecule has 3 rings (SSSR count). The molecule has 4 nitrogen and oxygen atoms in total. The Hall–Kier alpha value is -1.55. The molecule has 0 spiro atoms. The molecule has 2 heterocycles. The molecule has 4 heteroatoms. The van der Waals surface area contributed by atoms with E-state index in [-0.39, 0.29) is 0 Å². The van der Waals surface area contributed by atoms with Crippen LogP contribution in [-0.2, 0) is 4.79 Å². The Bertz CT molecular complexity index is 460. The highest BCUT2D eigenvalue weighted by Crippen LogP contribution is 2.29. The Morgan fingerprint density at radius 2 is 2.10 bits per heavy atom. The summed E-state index contributed by atoms with van der Waals surface area (Å²) in [4.78, 5) is 14.1. The van der Waals surface area contributed by atoms with Crippen molar-refractivity contribution >= 4 is 5.91 Å². The third-order valence-electron chi connectivity index (χ3n) is 4.45. The summed E-state index contributed by atoms with van der Waals surface area (Å²) in [6, 6.07) is 8.19. The Labute approximate surface area is 120 Å². The molecule has 1 unspecified atom stereocenters. The molecular formula is C16H22N2O2. The first kappa shape index (κ1) is 13.4. The van der Waals surface area contributed by atoms with E-state index in [1.54, 1.807) is 7.11 Å². The van der Waals surface area contributed by atoms with Crippen LogP contribution in [0.1, 0.15) is 24.3 Å². The highest BCUT2D eigenvalue weighted by atomic mass is 16.5. The van der Waals surface area contributed by atoms with E-state index in [4.69, 9.17) is 4.74 Å². The average molecular weight is 274 g/mol. The van der Waals surface area contributed by atoms with Crippen molar-refractivity contribution in [3.05, 3.63) is 29.8 Å². The van der Waals surface area contributed by atoms with Crippen molar-refractivity contribution in [3.8, 4) is 5.75 Å². The standard InChI is InChI=1S/C16H22N2O2/c1-20-15-4-2-13(3-5-15)14-10-18(11-14)16(19)8-12-6-7-17-9-12/h2-5,12,14,17H,6-11H2,1H3. The molecular weight excluding hydrogens is 252 g/mol.